The smallest absolute Gasteiger partial charge is 0.139 e. The Balaban J connectivity index is 2.10. The van der Waals surface area contributed by atoms with Gasteiger partial charge in [0.25, 0.3) is 0 Å². The van der Waals surface area contributed by atoms with Crippen LogP contribution in [0.5, 0.6) is 0 Å². The van der Waals surface area contributed by atoms with E-state index in [-0.39, 0.29) is 10.8 Å². The van der Waals surface area contributed by atoms with Crippen LogP contribution in [0.3, 0.4) is 0 Å². The van der Waals surface area contributed by atoms with E-state index in [4.69, 9.17) is 0 Å². The van der Waals surface area contributed by atoms with Crippen molar-refractivity contribution in [1.82, 2.24) is 0 Å². The fourth-order valence-corrected chi connectivity index (χ4v) is 3.39. The van der Waals surface area contributed by atoms with Crippen LogP contribution in [-0.2, 0) is 10.8 Å². The molecule has 6 nitrogen and oxygen atoms in total. The minimum Gasteiger partial charge on any atom is -0.509 e. The number of hydrogen-bond donors (Lipinski definition) is 6. The van der Waals surface area contributed by atoms with Crippen molar-refractivity contribution in [3.05, 3.63) is 82.3 Å². The fourth-order valence-electron chi connectivity index (χ4n) is 3.39. The normalized spacial score (nSPS) is 17.2. The number of benzene rings is 2. The first-order valence-corrected chi connectivity index (χ1v) is 11.4. The van der Waals surface area contributed by atoms with Crippen LogP contribution >= 0.6 is 0 Å². The third-order valence-corrected chi connectivity index (χ3v) is 5.79. The Morgan fingerprint density at radius 1 is 0.559 bits per heavy atom. The number of aliphatic hydroxyl groups is 6. The zero-order chi connectivity index (χ0) is 25.8. The molecule has 186 valence electrons. The van der Waals surface area contributed by atoms with E-state index in [0.717, 1.165) is 11.1 Å². The highest BCUT2D eigenvalue weighted by Gasteiger charge is 2.34. The maximum atomic E-state index is 10.3. The van der Waals surface area contributed by atoms with E-state index < -0.39 is 35.9 Å². The van der Waals surface area contributed by atoms with Crippen molar-refractivity contribution in [2.24, 2.45) is 0 Å². The van der Waals surface area contributed by atoms with Crippen molar-refractivity contribution in [3.8, 4) is 0 Å². The standard InChI is InChI=1S/C28H38O6/c1-27(2,3)19-11-7-17(8-12-19)15-21(29)23(31)25(33)26(34)24(32)22(30)16-18-9-13-20(14-10-18)28(4,5)6/h7-16,23-26,29-34H,1-6H3/t23-,24+,25-,26-/m1/s1. The average Bonchev–Trinajstić information content (AvgIpc) is 2.76. The van der Waals surface area contributed by atoms with E-state index in [2.05, 4.69) is 41.5 Å². The van der Waals surface area contributed by atoms with Gasteiger partial charge < -0.3 is 30.6 Å². The summed E-state index contributed by atoms with van der Waals surface area (Å²) in [5.41, 5.74) is 3.30. The van der Waals surface area contributed by atoms with Gasteiger partial charge in [0, 0.05) is 0 Å². The molecule has 0 radical (unpaired) electrons. The van der Waals surface area contributed by atoms with Gasteiger partial charge in [0.05, 0.1) is 0 Å². The lowest BCUT2D eigenvalue weighted by Crippen LogP contribution is -2.45. The van der Waals surface area contributed by atoms with Crippen molar-refractivity contribution in [3.63, 3.8) is 0 Å². The molecule has 0 saturated carbocycles. The van der Waals surface area contributed by atoms with Gasteiger partial charge in [-0.05, 0) is 45.2 Å². The highest BCUT2D eigenvalue weighted by Crippen LogP contribution is 2.25. The lowest BCUT2D eigenvalue weighted by Gasteiger charge is -2.26. The SMILES string of the molecule is CC(C)(C)c1ccc(C=C(O)[C@@H](O)[C@@H](O)[C@H](O)[C@@H](O)C(O)=Cc2ccc(C(C)(C)C)cc2)cc1. The molecule has 0 aromatic heterocycles. The summed E-state index contributed by atoms with van der Waals surface area (Å²) in [5, 5.41) is 61.7. The maximum absolute atomic E-state index is 10.3. The summed E-state index contributed by atoms with van der Waals surface area (Å²) in [6.07, 6.45) is -5.09. The molecular weight excluding hydrogens is 432 g/mol. The highest BCUT2D eigenvalue weighted by molar-refractivity contribution is 5.54. The fraction of sp³-hybridized carbons (Fsp3) is 0.429. The van der Waals surface area contributed by atoms with Crippen LogP contribution in [0.2, 0.25) is 0 Å². The van der Waals surface area contributed by atoms with E-state index >= 15 is 0 Å². The molecule has 0 bridgehead atoms. The molecule has 0 spiro atoms. The first-order valence-electron chi connectivity index (χ1n) is 11.4. The minimum absolute atomic E-state index is 0.0373. The van der Waals surface area contributed by atoms with Crippen molar-refractivity contribution < 1.29 is 30.6 Å². The van der Waals surface area contributed by atoms with Gasteiger partial charge in [-0.2, -0.15) is 0 Å². The number of hydrogen-bond acceptors (Lipinski definition) is 6. The second-order valence-electron chi connectivity index (χ2n) is 10.8. The van der Waals surface area contributed by atoms with Gasteiger partial charge in [-0.15, -0.1) is 0 Å². The Morgan fingerprint density at radius 2 is 0.824 bits per heavy atom. The first-order chi connectivity index (χ1) is 15.6. The molecular formula is C28H38O6. The summed E-state index contributed by atoms with van der Waals surface area (Å²) >= 11 is 0. The molecule has 4 atom stereocenters. The Labute approximate surface area is 202 Å². The van der Waals surface area contributed by atoms with E-state index in [1.54, 1.807) is 24.3 Å². The van der Waals surface area contributed by atoms with Crippen LogP contribution in [-0.4, -0.2) is 55.1 Å². The monoisotopic (exact) mass is 470 g/mol. The molecule has 0 amide bonds. The van der Waals surface area contributed by atoms with Crippen LogP contribution in [0.1, 0.15) is 63.8 Å². The largest absolute Gasteiger partial charge is 0.509 e. The number of rotatable bonds is 7. The van der Waals surface area contributed by atoms with Crippen molar-refractivity contribution in [2.45, 2.75) is 76.8 Å². The topological polar surface area (TPSA) is 121 Å². The minimum atomic E-state index is -1.95. The predicted octanol–water partition coefficient (Wildman–Crippen LogP) is 4.22. The van der Waals surface area contributed by atoms with E-state index in [0.29, 0.717) is 11.1 Å². The molecule has 0 aliphatic rings. The van der Waals surface area contributed by atoms with Crippen molar-refractivity contribution >= 4 is 12.2 Å². The quantitative estimate of drug-likeness (QED) is 0.337. The lowest BCUT2D eigenvalue weighted by molar-refractivity contribution is -0.0996. The van der Waals surface area contributed by atoms with Crippen LogP contribution in [0.25, 0.3) is 12.2 Å². The predicted molar refractivity (Wildman–Crippen MR) is 136 cm³/mol. The van der Waals surface area contributed by atoms with Crippen molar-refractivity contribution in [1.29, 1.82) is 0 Å². The molecule has 2 aromatic rings. The number of aliphatic hydroxyl groups excluding tert-OH is 6. The molecule has 2 rings (SSSR count). The highest BCUT2D eigenvalue weighted by atomic mass is 16.4. The maximum Gasteiger partial charge on any atom is 0.139 e. The van der Waals surface area contributed by atoms with Crippen LogP contribution < -0.4 is 0 Å². The van der Waals surface area contributed by atoms with E-state index in [9.17, 15) is 30.6 Å². The van der Waals surface area contributed by atoms with Crippen LogP contribution in [0.4, 0.5) is 0 Å². The Hall–Kier alpha value is -2.64. The molecule has 6 N–H and O–H groups in total. The van der Waals surface area contributed by atoms with Gasteiger partial charge in [-0.3, -0.25) is 0 Å². The van der Waals surface area contributed by atoms with Crippen LogP contribution in [0, 0.1) is 0 Å². The zero-order valence-corrected chi connectivity index (χ0v) is 20.8. The molecule has 0 heterocycles. The molecule has 6 heteroatoms. The second kappa shape index (κ2) is 10.7. The molecule has 34 heavy (non-hydrogen) atoms. The van der Waals surface area contributed by atoms with Gasteiger partial charge in [-0.25, -0.2) is 0 Å². The first kappa shape index (κ1) is 27.6. The average molecular weight is 471 g/mol. The second-order valence-corrected chi connectivity index (χ2v) is 10.8. The van der Waals surface area contributed by atoms with Gasteiger partial charge >= 0.3 is 0 Å². The summed E-state index contributed by atoms with van der Waals surface area (Å²) in [5.74, 6) is -1.16. The third-order valence-electron chi connectivity index (χ3n) is 5.79. The summed E-state index contributed by atoms with van der Waals surface area (Å²) in [7, 11) is 0. The lowest BCUT2D eigenvalue weighted by atomic mass is 9.86. The molecule has 0 saturated heterocycles. The zero-order valence-electron chi connectivity index (χ0n) is 20.8. The van der Waals surface area contributed by atoms with Crippen molar-refractivity contribution in [2.75, 3.05) is 0 Å². The van der Waals surface area contributed by atoms with E-state index in [1.165, 1.54) is 12.2 Å². The molecule has 0 aliphatic heterocycles. The van der Waals surface area contributed by atoms with Gasteiger partial charge in [0.15, 0.2) is 0 Å². The summed E-state index contributed by atoms with van der Waals surface area (Å²) in [6, 6.07) is 14.7. The summed E-state index contributed by atoms with van der Waals surface area (Å²) in [4.78, 5) is 0. The third kappa shape index (κ3) is 7.18. The van der Waals surface area contributed by atoms with Gasteiger partial charge in [-0.1, -0.05) is 90.1 Å². The molecule has 0 aliphatic carbocycles. The Morgan fingerprint density at radius 3 is 1.06 bits per heavy atom. The molecule has 2 aromatic carbocycles. The molecule has 0 fully saturated rings. The van der Waals surface area contributed by atoms with E-state index in [1.807, 2.05) is 24.3 Å². The summed E-state index contributed by atoms with van der Waals surface area (Å²) < 4.78 is 0. The van der Waals surface area contributed by atoms with Gasteiger partial charge in [0.1, 0.15) is 35.9 Å². The Kier molecular flexibility index (Phi) is 8.72. The molecule has 0 unspecified atom stereocenters. The van der Waals surface area contributed by atoms with Gasteiger partial charge in [0.2, 0.25) is 0 Å². The Bertz CT molecular complexity index is 908. The van der Waals surface area contributed by atoms with Crippen LogP contribution in [0.15, 0.2) is 60.0 Å². The summed E-state index contributed by atoms with van der Waals surface area (Å²) in [6.45, 7) is 12.5.